The molecule has 2 aromatic rings. The van der Waals surface area contributed by atoms with E-state index in [0.717, 1.165) is 17.5 Å². The number of hydrogen-bond acceptors (Lipinski definition) is 3. The van der Waals surface area contributed by atoms with Crippen LogP contribution in [0.5, 0.6) is 0 Å². The Balaban J connectivity index is 2.25. The molecule has 3 nitrogen and oxygen atoms in total. The Morgan fingerprint density at radius 2 is 1.86 bits per heavy atom. The number of nitrogens with zero attached hydrogens (tertiary/aromatic N) is 1. The summed E-state index contributed by atoms with van der Waals surface area (Å²) in [6.07, 6.45) is -2.14. The quantitative estimate of drug-likeness (QED) is 0.296. The van der Waals surface area contributed by atoms with Crippen molar-refractivity contribution >= 4 is 29.1 Å². The summed E-state index contributed by atoms with van der Waals surface area (Å²) in [4.78, 5) is 16.2. The largest absolute Gasteiger partial charge is 0.432 e. The fraction of sp³-hybridized carbons (Fsp3) is 0.200. The highest BCUT2D eigenvalue weighted by molar-refractivity contribution is 7.98. The molecule has 1 amide bonds. The summed E-state index contributed by atoms with van der Waals surface area (Å²) in [5, 5.41) is 2.29. The second-order valence-corrected chi connectivity index (χ2v) is 6.63. The second-order valence-electron chi connectivity index (χ2n) is 5.78. The van der Waals surface area contributed by atoms with Crippen molar-refractivity contribution in [1.29, 1.82) is 0 Å². The van der Waals surface area contributed by atoms with Gasteiger partial charge in [0.2, 0.25) is 0 Å². The van der Waals surface area contributed by atoms with Crippen LogP contribution in [-0.2, 0) is 4.79 Å². The van der Waals surface area contributed by atoms with Gasteiger partial charge in [0.1, 0.15) is 11.5 Å². The lowest BCUT2D eigenvalue weighted by molar-refractivity contribution is -0.112. The zero-order chi connectivity index (χ0) is 20.9. The first-order valence-electron chi connectivity index (χ1n) is 8.14. The number of nitrogens with one attached hydrogen (secondary N) is 1. The molecule has 8 heteroatoms. The van der Waals surface area contributed by atoms with E-state index in [2.05, 4.69) is 10.3 Å². The maximum atomic E-state index is 14.5. The van der Waals surface area contributed by atoms with E-state index in [-0.39, 0.29) is 11.3 Å². The summed E-state index contributed by atoms with van der Waals surface area (Å²) in [5.74, 6) is -1.53. The first-order valence-corrected chi connectivity index (χ1v) is 9.36. The maximum absolute atomic E-state index is 14.5. The molecular formula is C20H18F4N2OS. The molecule has 0 unspecified atom stereocenters. The van der Waals surface area contributed by atoms with Gasteiger partial charge >= 0.3 is 6.18 Å². The third-order valence-electron chi connectivity index (χ3n) is 3.88. The Morgan fingerprint density at radius 3 is 2.43 bits per heavy atom. The number of hydrogen-bond donors (Lipinski definition) is 1. The summed E-state index contributed by atoms with van der Waals surface area (Å²) in [5.41, 5.74) is -0.0779. The minimum atomic E-state index is -4.67. The molecule has 0 radical (unpaired) electrons. The van der Waals surface area contributed by atoms with Gasteiger partial charge in [0, 0.05) is 17.5 Å². The standard InChI is InChI=1S/C20H18F4N2OS/c1-12(10-18(25-2)20(22,23)24)19(27)26-16-9-8-13(11-15(16)21)14-6-4-5-7-17(14)28-3/h4-11H,1-3H3,(H,26,27)/b12-10+,25-18?. The van der Waals surface area contributed by atoms with E-state index < -0.39 is 23.6 Å². The van der Waals surface area contributed by atoms with Crippen molar-refractivity contribution in [2.45, 2.75) is 18.0 Å². The molecule has 0 saturated heterocycles. The molecule has 0 atom stereocenters. The van der Waals surface area contributed by atoms with Crippen LogP contribution in [0, 0.1) is 5.82 Å². The van der Waals surface area contributed by atoms with E-state index in [4.69, 9.17) is 0 Å². The van der Waals surface area contributed by atoms with E-state index >= 15 is 0 Å². The van der Waals surface area contributed by atoms with E-state index in [1.807, 2.05) is 30.5 Å². The molecular weight excluding hydrogens is 392 g/mol. The highest BCUT2D eigenvalue weighted by Crippen LogP contribution is 2.32. The Hall–Kier alpha value is -2.61. The molecule has 2 rings (SSSR count). The van der Waals surface area contributed by atoms with Crippen LogP contribution in [0.3, 0.4) is 0 Å². The molecule has 0 spiro atoms. The van der Waals surface area contributed by atoms with Crippen molar-refractivity contribution in [3.8, 4) is 11.1 Å². The van der Waals surface area contributed by atoms with Crippen LogP contribution >= 0.6 is 11.8 Å². The predicted octanol–water partition coefficient (Wildman–Crippen LogP) is 5.73. The van der Waals surface area contributed by atoms with Gasteiger partial charge in [-0.15, -0.1) is 11.8 Å². The summed E-state index contributed by atoms with van der Waals surface area (Å²) in [6, 6.07) is 11.8. The molecule has 148 valence electrons. The molecule has 0 saturated carbocycles. The summed E-state index contributed by atoms with van der Waals surface area (Å²) >= 11 is 1.52. The normalized spacial score (nSPS) is 12.8. The van der Waals surface area contributed by atoms with Gasteiger partial charge in [-0.05, 0) is 48.6 Å². The molecule has 0 aliphatic rings. The number of benzene rings is 2. The van der Waals surface area contributed by atoms with Crippen molar-refractivity contribution in [2.24, 2.45) is 4.99 Å². The molecule has 2 aromatic carbocycles. The van der Waals surface area contributed by atoms with Gasteiger partial charge in [-0.3, -0.25) is 9.79 Å². The summed E-state index contributed by atoms with van der Waals surface area (Å²) in [6.45, 7) is 1.20. The number of thioether (sulfide) groups is 1. The summed E-state index contributed by atoms with van der Waals surface area (Å²) in [7, 11) is 0.981. The minimum absolute atomic E-state index is 0.120. The lowest BCUT2D eigenvalue weighted by Crippen LogP contribution is -2.23. The number of rotatable bonds is 5. The van der Waals surface area contributed by atoms with Crippen LogP contribution in [0.2, 0.25) is 0 Å². The highest BCUT2D eigenvalue weighted by Gasteiger charge is 2.34. The van der Waals surface area contributed by atoms with Gasteiger partial charge < -0.3 is 5.32 Å². The average molecular weight is 410 g/mol. The fourth-order valence-electron chi connectivity index (χ4n) is 2.43. The first-order chi connectivity index (χ1) is 13.2. The zero-order valence-electron chi connectivity index (χ0n) is 15.4. The molecule has 0 fully saturated rings. The number of alkyl halides is 3. The SMILES string of the molecule is CN=C(/C=C(\C)C(=O)Nc1ccc(-c2ccccc2SC)cc1F)C(F)(F)F. The molecule has 0 aromatic heterocycles. The molecule has 28 heavy (non-hydrogen) atoms. The number of amides is 1. The number of aliphatic imine (C=N–C) groups is 1. The van der Waals surface area contributed by atoms with Crippen LogP contribution < -0.4 is 5.32 Å². The summed E-state index contributed by atoms with van der Waals surface area (Å²) < 4.78 is 52.7. The van der Waals surface area contributed by atoms with Gasteiger partial charge in [-0.25, -0.2) is 4.39 Å². The van der Waals surface area contributed by atoms with Crippen LogP contribution in [0.4, 0.5) is 23.2 Å². The van der Waals surface area contributed by atoms with Gasteiger partial charge in [0.25, 0.3) is 5.91 Å². The Morgan fingerprint density at radius 1 is 1.18 bits per heavy atom. The minimum Gasteiger partial charge on any atom is -0.320 e. The van der Waals surface area contributed by atoms with Gasteiger partial charge in [-0.2, -0.15) is 13.2 Å². The van der Waals surface area contributed by atoms with Gasteiger partial charge in [0.15, 0.2) is 0 Å². The number of anilines is 1. The second kappa shape index (κ2) is 9.05. The molecule has 0 aliphatic heterocycles. The van der Waals surface area contributed by atoms with Crippen LogP contribution in [0.15, 0.2) is 64.0 Å². The number of carbonyl (C=O) groups excluding carboxylic acids is 1. The molecule has 0 aliphatic carbocycles. The van der Waals surface area contributed by atoms with E-state index in [1.54, 1.807) is 6.07 Å². The third-order valence-corrected chi connectivity index (χ3v) is 4.67. The number of allylic oxidation sites excluding steroid dienone is 1. The lowest BCUT2D eigenvalue weighted by Gasteiger charge is -2.11. The van der Waals surface area contributed by atoms with Crippen LogP contribution in [0.25, 0.3) is 11.1 Å². The zero-order valence-corrected chi connectivity index (χ0v) is 16.2. The first kappa shape index (κ1) is 21.7. The Labute approximate surface area is 164 Å². The predicted molar refractivity (Wildman–Crippen MR) is 105 cm³/mol. The molecule has 0 bridgehead atoms. The van der Waals surface area contributed by atoms with Crippen molar-refractivity contribution in [2.75, 3.05) is 18.6 Å². The smallest absolute Gasteiger partial charge is 0.320 e. The lowest BCUT2D eigenvalue weighted by atomic mass is 10.0. The van der Waals surface area contributed by atoms with E-state index in [9.17, 15) is 22.4 Å². The number of carbonyl (C=O) groups is 1. The number of halogens is 4. The molecule has 0 heterocycles. The third kappa shape index (κ3) is 5.22. The Kier molecular flexibility index (Phi) is 7.01. The average Bonchev–Trinajstić information content (AvgIpc) is 2.66. The van der Waals surface area contributed by atoms with Gasteiger partial charge in [0.05, 0.1) is 5.69 Å². The van der Waals surface area contributed by atoms with Crippen molar-refractivity contribution in [1.82, 2.24) is 0 Å². The van der Waals surface area contributed by atoms with Crippen molar-refractivity contribution in [3.05, 3.63) is 59.9 Å². The van der Waals surface area contributed by atoms with E-state index in [1.165, 1.54) is 30.8 Å². The van der Waals surface area contributed by atoms with Crippen molar-refractivity contribution < 1.29 is 22.4 Å². The maximum Gasteiger partial charge on any atom is 0.432 e. The van der Waals surface area contributed by atoms with Crippen molar-refractivity contribution in [3.63, 3.8) is 0 Å². The topological polar surface area (TPSA) is 41.5 Å². The highest BCUT2D eigenvalue weighted by atomic mass is 32.2. The Bertz CT molecular complexity index is 936. The fourth-order valence-corrected chi connectivity index (χ4v) is 3.05. The van der Waals surface area contributed by atoms with Gasteiger partial charge in [-0.1, -0.05) is 24.3 Å². The van der Waals surface area contributed by atoms with Crippen LogP contribution in [0.1, 0.15) is 6.92 Å². The van der Waals surface area contributed by atoms with Crippen LogP contribution in [-0.4, -0.2) is 31.1 Å². The monoisotopic (exact) mass is 410 g/mol. The van der Waals surface area contributed by atoms with E-state index in [0.29, 0.717) is 11.6 Å². The molecule has 1 N–H and O–H groups in total.